The van der Waals surface area contributed by atoms with Crippen LogP contribution < -0.4 is 24.2 Å². The van der Waals surface area contributed by atoms with Gasteiger partial charge in [-0.3, -0.25) is 9.59 Å². The number of aromatic nitrogens is 1. The van der Waals surface area contributed by atoms with Crippen molar-refractivity contribution in [1.29, 1.82) is 0 Å². The average Bonchev–Trinajstić information content (AvgIpc) is 2.93. The molecule has 6 heteroatoms. The minimum atomic E-state index is -0.488. The SMILES string of the molecule is CCCOc1c(C=c2sc(=CC(=O)C(C)(C)C)[nH]c2=O)cccc1OCC. The van der Waals surface area contributed by atoms with Crippen LogP contribution in [0.15, 0.2) is 23.0 Å². The van der Waals surface area contributed by atoms with Crippen LogP contribution in [0.2, 0.25) is 0 Å². The topological polar surface area (TPSA) is 68.4 Å². The quantitative estimate of drug-likeness (QED) is 0.791. The molecule has 0 aliphatic heterocycles. The number of nitrogens with one attached hydrogen (secondary N) is 1. The van der Waals surface area contributed by atoms with Crippen molar-refractivity contribution in [2.45, 2.75) is 41.0 Å². The fourth-order valence-electron chi connectivity index (χ4n) is 2.28. The molecule has 0 bridgehead atoms. The number of H-pyrrole nitrogens is 1. The Kier molecular flexibility index (Phi) is 7.02. The van der Waals surface area contributed by atoms with Crippen LogP contribution in [-0.4, -0.2) is 24.0 Å². The van der Waals surface area contributed by atoms with Crippen LogP contribution in [-0.2, 0) is 4.79 Å². The Morgan fingerprint density at radius 3 is 2.59 bits per heavy atom. The Hall–Kier alpha value is -2.34. The van der Waals surface area contributed by atoms with E-state index in [0.29, 0.717) is 33.9 Å². The third-order valence-electron chi connectivity index (χ3n) is 3.73. The molecule has 2 aromatic rings. The second kappa shape index (κ2) is 9.04. The minimum Gasteiger partial charge on any atom is -0.490 e. The van der Waals surface area contributed by atoms with E-state index in [1.54, 1.807) is 6.08 Å². The fourth-order valence-corrected chi connectivity index (χ4v) is 3.15. The van der Waals surface area contributed by atoms with E-state index >= 15 is 0 Å². The summed E-state index contributed by atoms with van der Waals surface area (Å²) in [7, 11) is 0. The van der Waals surface area contributed by atoms with Crippen molar-refractivity contribution in [3.63, 3.8) is 0 Å². The molecule has 0 amide bonds. The number of Topliss-reactive ketones (excluding diaryl/α,β-unsaturated/α-hetero) is 1. The van der Waals surface area contributed by atoms with Crippen molar-refractivity contribution in [1.82, 2.24) is 4.98 Å². The lowest BCUT2D eigenvalue weighted by Gasteiger charge is -2.13. The molecule has 1 N–H and O–H groups in total. The van der Waals surface area contributed by atoms with Gasteiger partial charge in [0.25, 0.3) is 5.56 Å². The first-order valence-corrected chi connectivity index (χ1v) is 9.93. The van der Waals surface area contributed by atoms with Gasteiger partial charge in [0.15, 0.2) is 17.3 Å². The summed E-state index contributed by atoms with van der Waals surface area (Å²) in [5.74, 6) is 1.25. The first-order valence-electron chi connectivity index (χ1n) is 9.12. The number of hydrogen-bond donors (Lipinski definition) is 1. The van der Waals surface area contributed by atoms with Crippen molar-refractivity contribution in [2.24, 2.45) is 5.41 Å². The molecule has 1 aromatic carbocycles. The molecule has 0 saturated heterocycles. The fraction of sp³-hybridized carbons (Fsp3) is 0.429. The number of aromatic amines is 1. The summed E-state index contributed by atoms with van der Waals surface area (Å²) in [5.41, 5.74) is 0.0595. The predicted octanol–water partition coefficient (Wildman–Crippen LogP) is 2.85. The second-order valence-corrected chi connectivity index (χ2v) is 8.23. The van der Waals surface area contributed by atoms with E-state index in [4.69, 9.17) is 9.47 Å². The summed E-state index contributed by atoms with van der Waals surface area (Å²) >= 11 is 1.25. The van der Waals surface area contributed by atoms with Gasteiger partial charge in [-0.15, -0.1) is 11.3 Å². The van der Waals surface area contributed by atoms with Gasteiger partial charge in [0, 0.05) is 17.1 Å². The largest absolute Gasteiger partial charge is 0.490 e. The van der Waals surface area contributed by atoms with Crippen molar-refractivity contribution < 1.29 is 14.3 Å². The number of thiazole rings is 1. The number of rotatable bonds is 7. The molecule has 0 aliphatic rings. The van der Waals surface area contributed by atoms with E-state index in [2.05, 4.69) is 4.98 Å². The Balaban J connectivity index is 2.53. The van der Waals surface area contributed by atoms with Gasteiger partial charge < -0.3 is 14.5 Å². The maximum absolute atomic E-state index is 12.3. The third-order valence-corrected chi connectivity index (χ3v) is 4.69. The van der Waals surface area contributed by atoms with Crippen molar-refractivity contribution in [2.75, 3.05) is 13.2 Å². The van der Waals surface area contributed by atoms with Crippen LogP contribution in [0.5, 0.6) is 11.5 Å². The van der Waals surface area contributed by atoms with Crippen LogP contribution in [0, 0.1) is 5.41 Å². The highest BCUT2D eigenvalue weighted by molar-refractivity contribution is 7.07. The first-order chi connectivity index (χ1) is 12.8. The highest BCUT2D eigenvalue weighted by atomic mass is 32.1. The number of benzene rings is 1. The van der Waals surface area contributed by atoms with E-state index in [1.807, 2.05) is 52.8 Å². The highest BCUT2D eigenvalue weighted by Crippen LogP contribution is 2.32. The zero-order valence-corrected chi connectivity index (χ0v) is 17.4. The smallest absolute Gasteiger partial charge is 0.266 e. The van der Waals surface area contributed by atoms with Gasteiger partial charge in [-0.25, -0.2) is 0 Å². The van der Waals surface area contributed by atoms with Gasteiger partial charge >= 0.3 is 0 Å². The molecule has 146 valence electrons. The van der Waals surface area contributed by atoms with Crippen molar-refractivity contribution in [3.05, 3.63) is 43.3 Å². The zero-order chi connectivity index (χ0) is 20.0. The van der Waals surface area contributed by atoms with Crippen LogP contribution in [0.4, 0.5) is 0 Å². The zero-order valence-electron chi connectivity index (χ0n) is 16.5. The lowest BCUT2D eigenvalue weighted by Crippen LogP contribution is -2.22. The third kappa shape index (κ3) is 5.57. The van der Waals surface area contributed by atoms with Gasteiger partial charge in [-0.05, 0) is 25.5 Å². The van der Waals surface area contributed by atoms with Crippen LogP contribution in [0.3, 0.4) is 0 Å². The number of ketones is 1. The second-order valence-electron chi connectivity index (χ2n) is 7.14. The van der Waals surface area contributed by atoms with Crippen LogP contribution >= 0.6 is 11.3 Å². The van der Waals surface area contributed by atoms with Crippen molar-refractivity contribution >= 4 is 29.3 Å². The minimum absolute atomic E-state index is 0.0307. The number of para-hydroxylation sites is 1. The molecule has 1 aromatic heterocycles. The summed E-state index contributed by atoms with van der Waals surface area (Å²) in [6.45, 7) is 10.6. The average molecular weight is 390 g/mol. The van der Waals surface area contributed by atoms with Gasteiger partial charge in [-0.1, -0.05) is 39.8 Å². The molecule has 0 unspecified atom stereocenters. The normalized spacial score (nSPS) is 13.1. The summed E-state index contributed by atoms with van der Waals surface area (Å²) in [6.07, 6.45) is 4.14. The molecule has 5 nitrogen and oxygen atoms in total. The van der Waals surface area contributed by atoms with Crippen LogP contribution in [0.25, 0.3) is 12.2 Å². The predicted molar refractivity (Wildman–Crippen MR) is 110 cm³/mol. The van der Waals surface area contributed by atoms with Crippen molar-refractivity contribution in [3.8, 4) is 11.5 Å². The summed E-state index contributed by atoms with van der Waals surface area (Å²) in [6, 6.07) is 5.61. The molecule has 0 saturated carbocycles. The Morgan fingerprint density at radius 2 is 1.96 bits per heavy atom. The lowest BCUT2D eigenvalue weighted by molar-refractivity contribution is -0.119. The Morgan fingerprint density at radius 1 is 1.22 bits per heavy atom. The lowest BCUT2D eigenvalue weighted by atomic mass is 9.91. The van der Waals surface area contributed by atoms with Gasteiger partial charge in [0.2, 0.25) is 0 Å². The maximum Gasteiger partial charge on any atom is 0.266 e. The molecule has 0 fully saturated rings. The number of hydrogen-bond acceptors (Lipinski definition) is 5. The molecule has 0 spiro atoms. The molecule has 0 radical (unpaired) electrons. The maximum atomic E-state index is 12.3. The highest BCUT2D eigenvalue weighted by Gasteiger charge is 2.18. The van der Waals surface area contributed by atoms with E-state index < -0.39 is 5.41 Å². The van der Waals surface area contributed by atoms with E-state index in [9.17, 15) is 9.59 Å². The molecule has 0 atom stereocenters. The molecule has 27 heavy (non-hydrogen) atoms. The van der Waals surface area contributed by atoms with E-state index in [-0.39, 0.29) is 11.3 Å². The Labute approximate surface area is 163 Å². The van der Waals surface area contributed by atoms with Gasteiger partial charge in [0.1, 0.15) is 0 Å². The summed E-state index contributed by atoms with van der Waals surface area (Å²) in [4.78, 5) is 27.3. The van der Waals surface area contributed by atoms with Crippen LogP contribution in [0.1, 0.15) is 46.6 Å². The Bertz CT molecular complexity index is 963. The number of carbonyl (C=O) groups is 1. The van der Waals surface area contributed by atoms with Gasteiger partial charge in [-0.2, -0.15) is 0 Å². The standard InChI is InChI=1S/C21H27NO4S/c1-6-11-26-19-14(9-8-10-15(19)25-7-2)12-16-20(24)22-18(27-16)13-17(23)21(3,4)5/h8-10,12-13H,6-7,11H2,1-5H3,(H,22,24). The molecular formula is C21H27NO4S. The molecule has 0 aliphatic carbocycles. The monoisotopic (exact) mass is 389 g/mol. The molecule has 2 rings (SSSR count). The summed E-state index contributed by atoms with van der Waals surface area (Å²) in [5, 5.41) is 0. The van der Waals surface area contributed by atoms with E-state index in [0.717, 1.165) is 12.0 Å². The first kappa shape index (κ1) is 21.0. The van der Waals surface area contributed by atoms with Gasteiger partial charge in [0.05, 0.1) is 22.4 Å². The number of carbonyl (C=O) groups excluding carboxylic acids is 1. The molecular weight excluding hydrogens is 362 g/mol. The summed E-state index contributed by atoms with van der Waals surface area (Å²) < 4.78 is 12.6. The number of ether oxygens (including phenoxy) is 2. The van der Waals surface area contributed by atoms with E-state index in [1.165, 1.54) is 17.4 Å². The molecule has 1 heterocycles.